The van der Waals surface area contributed by atoms with Crippen LogP contribution < -0.4 is 25.4 Å². The maximum absolute atomic E-state index is 6.55. The van der Waals surface area contributed by atoms with E-state index in [2.05, 4.69) is 49.0 Å². The highest BCUT2D eigenvalue weighted by molar-refractivity contribution is 6.41. The zero-order valence-electron chi connectivity index (χ0n) is 20.3. The van der Waals surface area contributed by atoms with Gasteiger partial charge in [0, 0.05) is 36.6 Å². The standard InChI is InChI=1S/C25H24Cl2N8O2/c1-6-14(2)32-24-25(35(3)13-31-24)33-19-10-16(29-12-30-19)15-8-7-9-28-23(15)34-22-20(26)17(36-4)11-18(37-5)21(22)27/h6-13,32H,1-2H2,3-5H3,(H,28,34)(H,29,30,33). The van der Waals surface area contributed by atoms with Crippen molar-refractivity contribution < 1.29 is 9.47 Å². The molecule has 0 unspecified atom stereocenters. The lowest BCUT2D eigenvalue weighted by molar-refractivity contribution is 0.395. The fourth-order valence-corrected chi connectivity index (χ4v) is 3.99. The van der Waals surface area contributed by atoms with Gasteiger partial charge in [0.25, 0.3) is 0 Å². The monoisotopic (exact) mass is 538 g/mol. The lowest BCUT2D eigenvalue weighted by Crippen LogP contribution is -2.05. The van der Waals surface area contributed by atoms with Gasteiger partial charge in [-0.3, -0.25) is 0 Å². The number of pyridine rings is 1. The number of imidazole rings is 1. The van der Waals surface area contributed by atoms with E-state index in [4.69, 9.17) is 32.7 Å². The number of methoxy groups -OCH3 is 2. The van der Waals surface area contributed by atoms with Gasteiger partial charge in [-0.2, -0.15) is 0 Å². The molecule has 0 saturated carbocycles. The zero-order chi connectivity index (χ0) is 26.5. The van der Waals surface area contributed by atoms with Crippen LogP contribution >= 0.6 is 23.2 Å². The Morgan fingerprint density at radius 2 is 1.73 bits per heavy atom. The molecule has 0 amide bonds. The number of nitrogens with zero attached hydrogens (tertiary/aromatic N) is 5. The second kappa shape index (κ2) is 11.2. The first-order valence-electron chi connectivity index (χ1n) is 10.9. The van der Waals surface area contributed by atoms with Crippen LogP contribution in [0.2, 0.25) is 10.0 Å². The summed E-state index contributed by atoms with van der Waals surface area (Å²) in [6.45, 7) is 7.59. The van der Waals surface area contributed by atoms with E-state index < -0.39 is 0 Å². The summed E-state index contributed by atoms with van der Waals surface area (Å²) in [6.07, 6.45) is 6.37. The molecule has 190 valence electrons. The topological polar surface area (TPSA) is 111 Å². The minimum absolute atomic E-state index is 0.285. The van der Waals surface area contributed by atoms with Crippen molar-refractivity contribution >= 4 is 52.2 Å². The van der Waals surface area contributed by atoms with Gasteiger partial charge in [0.05, 0.1) is 31.9 Å². The first-order chi connectivity index (χ1) is 17.9. The fourth-order valence-electron chi connectivity index (χ4n) is 3.39. The number of allylic oxidation sites excluding steroid dienone is 1. The Morgan fingerprint density at radius 1 is 1.00 bits per heavy atom. The molecule has 4 rings (SSSR count). The molecule has 4 aromatic rings. The minimum Gasteiger partial charge on any atom is -0.495 e. The molecule has 0 saturated heterocycles. The number of benzene rings is 1. The molecule has 0 fully saturated rings. The van der Waals surface area contributed by atoms with Crippen LogP contribution in [-0.2, 0) is 7.05 Å². The van der Waals surface area contributed by atoms with Crippen LogP contribution in [0.5, 0.6) is 11.5 Å². The second-order valence-electron chi connectivity index (χ2n) is 7.63. The maximum atomic E-state index is 6.55. The Labute approximate surface area is 224 Å². The Balaban J connectivity index is 1.69. The molecule has 3 aromatic heterocycles. The molecule has 0 atom stereocenters. The molecule has 1 aromatic carbocycles. The van der Waals surface area contributed by atoms with E-state index in [-0.39, 0.29) is 10.0 Å². The van der Waals surface area contributed by atoms with Gasteiger partial charge in [-0.15, -0.1) is 0 Å². The van der Waals surface area contributed by atoms with Gasteiger partial charge < -0.3 is 30.0 Å². The van der Waals surface area contributed by atoms with Gasteiger partial charge in [-0.05, 0) is 18.2 Å². The smallest absolute Gasteiger partial charge is 0.173 e. The Kier molecular flexibility index (Phi) is 7.80. The lowest BCUT2D eigenvalue weighted by Gasteiger charge is -2.17. The van der Waals surface area contributed by atoms with Crippen LogP contribution in [-0.4, -0.2) is 38.7 Å². The van der Waals surface area contributed by atoms with Crippen LogP contribution in [0.4, 0.5) is 29.0 Å². The summed E-state index contributed by atoms with van der Waals surface area (Å²) in [4.78, 5) is 17.6. The van der Waals surface area contributed by atoms with Crippen LogP contribution in [0.25, 0.3) is 11.3 Å². The largest absolute Gasteiger partial charge is 0.495 e. The van der Waals surface area contributed by atoms with Gasteiger partial charge >= 0.3 is 0 Å². The van der Waals surface area contributed by atoms with Crippen LogP contribution in [0.1, 0.15) is 0 Å². The molecular formula is C25H24Cl2N8O2. The molecular weight excluding hydrogens is 515 g/mol. The fraction of sp³-hybridized carbons (Fsp3) is 0.120. The average molecular weight is 539 g/mol. The highest BCUT2D eigenvalue weighted by atomic mass is 35.5. The quantitative estimate of drug-likeness (QED) is 0.203. The molecule has 12 heteroatoms. The van der Waals surface area contributed by atoms with E-state index in [0.29, 0.717) is 57.4 Å². The predicted octanol–water partition coefficient (Wildman–Crippen LogP) is 6.19. The second-order valence-corrected chi connectivity index (χ2v) is 8.39. The van der Waals surface area contributed by atoms with Crippen LogP contribution in [0.3, 0.4) is 0 Å². The van der Waals surface area contributed by atoms with Crippen LogP contribution in [0, 0.1) is 0 Å². The van der Waals surface area contributed by atoms with Crippen molar-refractivity contribution in [2.75, 3.05) is 30.2 Å². The van der Waals surface area contributed by atoms with Crippen molar-refractivity contribution in [3.63, 3.8) is 0 Å². The number of rotatable bonds is 10. The molecule has 10 nitrogen and oxygen atoms in total. The summed E-state index contributed by atoms with van der Waals surface area (Å²) in [5, 5.41) is 10.1. The molecule has 0 aliphatic rings. The first-order valence-corrected chi connectivity index (χ1v) is 11.6. The number of aromatic nitrogens is 5. The molecule has 3 heterocycles. The van der Waals surface area contributed by atoms with Crippen molar-refractivity contribution in [1.29, 1.82) is 0 Å². The first kappa shape index (κ1) is 25.8. The van der Waals surface area contributed by atoms with E-state index in [1.807, 2.05) is 17.7 Å². The number of aryl methyl sites for hydroxylation is 1. The third kappa shape index (κ3) is 5.45. The highest BCUT2D eigenvalue weighted by Gasteiger charge is 2.20. The van der Waals surface area contributed by atoms with Crippen molar-refractivity contribution in [2.45, 2.75) is 0 Å². The van der Waals surface area contributed by atoms with Gasteiger partial charge in [-0.1, -0.05) is 36.4 Å². The number of halogens is 2. The number of nitrogens with one attached hydrogen (secondary N) is 3. The summed E-state index contributed by atoms with van der Waals surface area (Å²) in [5.41, 5.74) is 2.29. The molecule has 0 aliphatic carbocycles. The van der Waals surface area contributed by atoms with Crippen LogP contribution in [0.15, 0.2) is 68.0 Å². The summed E-state index contributed by atoms with van der Waals surface area (Å²) in [6, 6.07) is 7.07. The molecule has 0 radical (unpaired) electrons. The molecule has 0 spiro atoms. The zero-order valence-corrected chi connectivity index (χ0v) is 21.9. The van der Waals surface area contributed by atoms with Gasteiger partial charge in [0.2, 0.25) is 0 Å². The molecule has 0 bridgehead atoms. The summed E-state index contributed by atoms with van der Waals surface area (Å²) in [5.74, 6) is 3.06. The number of ether oxygens (including phenoxy) is 2. The maximum Gasteiger partial charge on any atom is 0.173 e. The van der Waals surface area contributed by atoms with Gasteiger partial charge in [0.1, 0.15) is 39.5 Å². The normalized spacial score (nSPS) is 10.5. The van der Waals surface area contributed by atoms with E-state index in [9.17, 15) is 0 Å². The number of anilines is 5. The molecule has 37 heavy (non-hydrogen) atoms. The minimum atomic E-state index is 0.285. The van der Waals surface area contributed by atoms with E-state index in [0.717, 1.165) is 0 Å². The van der Waals surface area contributed by atoms with Crippen molar-refractivity contribution in [3.05, 3.63) is 78.1 Å². The summed E-state index contributed by atoms with van der Waals surface area (Å²) in [7, 11) is 4.88. The highest BCUT2D eigenvalue weighted by Crippen LogP contribution is 2.45. The van der Waals surface area contributed by atoms with E-state index >= 15 is 0 Å². The Morgan fingerprint density at radius 3 is 2.41 bits per heavy atom. The third-order valence-electron chi connectivity index (χ3n) is 5.28. The Bertz CT molecular complexity index is 1440. The van der Waals surface area contributed by atoms with Crippen molar-refractivity contribution in [3.8, 4) is 22.8 Å². The lowest BCUT2D eigenvalue weighted by atomic mass is 10.1. The van der Waals surface area contributed by atoms with E-state index in [1.165, 1.54) is 20.5 Å². The van der Waals surface area contributed by atoms with Crippen molar-refractivity contribution in [1.82, 2.24) is 24.5 Å². The third-order valence-corrected chi connectivity index (χ3v) is 6.03. The summed E-state index contributed by atoms with van der Waals surface area (Å²) < 4.78 is 12.6. The predicted molar refractivity (Wildman–Crippen MR) is 148 cm³/mol. The van der Waals surface area contributed by atoms with E-state index in [1.54, 1.807) is 36.8 Å². The SMILES string of the molecule is C=CC(=C)Nc1ncn(C)c1Nc1cc(-c2cccnc2Nc2c(Cl)c(OC)cc(OC)c2Cl)ncn1. The summed E-state index contributed by atoms with van der Waals surface area (Å²) >= 11 is 13.1. The van der Waals surface area contributed by atoms with Gasteiger partial charge in [-0.25, -0.2) is 19.9 Å². The average Bonchev–Trinajstić information content (AvgIpc) is 3.25. The van der Waals surface area contributed by atoms with Gasteiger partial charge in [0.15, 0.2) is 11.6 Å². The Hall–Kier alpha value is -4.28. The molecule has 3 N–H and O–H groups in total. The number of hydrogen-bond donors (Lipinski definition) is 3. The molecule has 0 aliphatic heterocycles. The number of hydrogen-bond acceptors (Lipinski definition) is 9. The van der Waals surface area contributed by atoms with Crippen molar-refractivity contribution in [2.24, 2.45) is 7.05 Å².